The molecule has 0 unspecified atom stereocenters. The quantitative estimate of drug-likeness (QED) is 0.568. The summed E-state index contributed by atoms with van der Waals surface area (Å²) in [5.74, 6) is 1.56. The smallest absolute Gasteiger partial charge is 0.140 e. The molecule has 6 nitrogen and oxygen atoms in total. The maximum Gasteiger partial charge on any atom is 0.140 e. The molecule has 3 heterocycles. The number of benzene rings is 1. The van der Waals surface area contributed by atoms with Crippen LogP contribution in [0.2, 0.25) is 0 Å². The molecule has 126 valence electrons. The van der Waals surface area contributed by atoms with Gasteiger partial charge in [0.25, 0.3) is 0 Å². The Morgan fingerprint density at radius 2 is 2.00 bits per heavy atom. The summed E-state index contributed by atoms with van der Waals surface area (Å²) >= 11 is 0. The zero-order chi connectivity index (χ0) is 17.1. The van der Waals surface area contributed by atoms with Gasteiger partial charge in [0.05, 0.1) is 6.54 Å². The number of rotatable bonds is 6. The van der Waals surface area contributed by atoms with E-state index in [4.69, 9.17) is 4.74 Å². The molecule has 2 N–H and O–H groups in total. The molecule has 4 rings (SSSR count). The van der Waals surface area contributed by atoms with Gasteiger partial charge in [-0.1, -0.05) is 6.07 Å². The molecule has 0 bridgehead atoms. The van der Waals surface area contributed by atoms with Crippen molar-refractivity contribution in [2.45, 2.75) is 12.6 Å². The number of fused-ring (bicyclic) bond motifs is 1. The van der Waals surface area contributed by atoms with Crippen molar-refractivity contribution < 1.29 is 9.84 Å². The largest absolute Gasteiger partial charge is 0.490 e. The first-order chi connectivity index (χ1) is 12.3. The fourth-order valence-corrected chi connectivity index (χ4v) is 2.87. The predicted octanol–water partition coefficient (Wildman–Crippen LogP) is 2.87. The Morgan fingerprint density at radius 1 is 1.12 bits per heavy atom. The molecule has 0 fully saturated rings. The molecule has 0 spiro atoms. The highest BCUT2D eigenvalue weighted by molar-refractivity contribution is 5.85. The topological polar surface area (TPSA) is 76.0 Å². The number of aromatic nitrogens is 4. The van der Waals surface area contributed by atoms with Gasteiger partial charge in [-0.2, -0.15) is 0 Å². The van der Waals surface area contributed by atoms with Crippen LogP contribution in [-0.4, -0.2) is 37.3 Å². The van der Waals surface area contributed by atoms with Gasteiger partial charge in [-0.3, -0.25) is 4.98 Å². The third kappa shape index (κ3) is 3.25. The van der Waals surface area contributed by atoms with Crippen LogP contribution in [0.4, 0.5) is 0 Å². The molecule has 0 saturated carbocycles. The summed E-state index contributed by atoms with van der Waals surface area (Å²) in [5.41, 5.74) is 1.98. The summed E-state index contributed by atoms with van der Waals surface area (Å²) in [6.07, 6.45) is 8.26. The molecule has 0 saturated heterocycles. The molecular weight excluding hydrogens is 316 g/mol. The van der Waals surface area contributed by atoms with Gasteiger partial charge in [-0.25, -0.2) is 4.98 Å². The van der Waals surface area contributed by atoms with Crippen molar-refractivity contribution in [1.29, 1.82) is 0 Å². The van der Waals surface area contributed by atoms with Gasteiger partial charge in [-0.05, 0) is 30.3 Å². The molecular formula is C19H18N4O2. The zero-order valence-electron chi connectivity index (χ0n) is 13.5. The lowest BCUT2D eigenvalue weighted by molar-refractivity contribution is 0.0936. The van der Waals surface area contributed by atoms with Gasteiger partial charge in [0, 0.05) is 47.5 Å². The van der Waals surface area contributed by atoms with E-state index in [0.29, 0.717) is 6.54 Å². The highest BCUT2D eigenvalue weighted by Gasteiger charge is 2.12. The average Bonchev–Trinajstić information content (AvgIpc) is 3.30. The van der Waals surface area contributed by atoms with Crippen molar-refractivity contribution in [3.8, 4) is 17.1 Å². The van der Waals surface area contributed by atoms with E-state index in [-0.39, 0.29) is 6.61 Å². The molecule has 0 amide bonds. The van der Waals surface area contributed by atoms with Crippen LogP contribution in [-0.2, 0) is 6.54 Å². The third-order valence-corrected chi connectivity index (χ3v) is 4.05. The molecule has 0 aliphatic carbocycles. The second-order valence-electron chi connectivity index (χ2n) is 5.80. The Bertz CT molecular complexity index is 962. The van der Waals surface area contributed by atoms with Crippen LogP contribution in [0, 0.1) is 0 Å². The number of ether oxygens (including phenoxy) is 1. The molecule has 0 radical (unpaired) electrons. The van der Waals surface area contributed by atoms with Crippen molar-refractivity contribution in [3.05, 3.63) is 67.4 Å². The van der Waals surface area contributed by atoms with Crippen molar-refractivity contribution in [3.63, 3.8) is 0 Å². The van der Waals surface area contributed by atoms with E-state index in [9.17, 15) is 5.11 Å². The van der Waals surface area contributed by atoms with E-state index in [1.807, 2.05) is 53.4 Å². The number of pyridine rings is 1. The molecule has 6 heteroatoms. The van der Waals surface area contributed by atoms with Crippen molar-refractivity contribution in [2.75, 3.05) is 6.61 Å². The Balaban J connectivity index is 1.44. The van der Waals surface area contributed by atoms with Gasteiger partial charge < -0.3 is 19.4 Å². The molecule has 3 aromatic heterocycles. The van der Waals surface area contributed by atoms with Gasteiger partial charge in [0.2, 0.25) is 0 Å². The van der Waals surface area contributed by atoms with Crippen LogP contribution in [0.3, 0.4) is 0 Å². The highest BCUT2D eigenvalue weighted by atomic mass is 16.5. The SMILES string of the molecule is O[C@H](COc1cccc2[nH]ccc12)Cn1ccnc1-c1ccncc1. The third-order valence-electron chi connectivity index (χ3n) is 4.05. The van der Waals surface area contributed by atoms with Gasteiger partial charge >= 0.3 is 0 Å². The summed E-state index contributed by atoms with van der Waals surface area (Å²) in [4.78, 5) is 11.5. The van der Waals surface area contributed by atoms with E-state index >= 15 is 0 Å². The zero-order valence-corrected chi connectivity index (χ0v) is 13.5. The Labute approximate surface area is 144 Å². The summed E-state index contributed by atoms with van der Waals surface area (Å²) in [6, 6.07) is 11.6. The first-order valence-electron chi connectivity index (χ1n) is 8.10. The molecule has 0 aliphatic rings. The molecule has 0 aliphatic heterocycles. The predicted molar refractivity (Wildman–Crippen MR) is 95.3 cm³/mol. The Hall–Kier alpha value is -3.12. The van der Waals surface area contributed by atoms with Gasteiger partial charge in [-0.15, -0.1) is 0 Å². The average molecular weight is 334 g/mol. The van der Waals surface area contributed by atoms with Crippen molar-refractivity contribution in [1.82, 2.24) is 19.5 Å². The number of aliphatic hydroxyl groups excluding tert-OH is 1. The van der Waals surface area contributed by atoms with Crippen LogP contribution >= 0.6 is 0 Å². The lowest BCUT2D eigenvalue weighted by Crippen LogP contribution is -2.23. The normalized spacial score (nSPS) is 12.4. The number of H-pyrrole nitrogens is 1. The van der Waals surface area contributed by atoms with E-state index in [1.54, 1.807) is 18.6 Å². The summed E-state index contributed by atoms with van der Waals surface area (Å²) < 4.78 is 7.74. The second kappa shape index (κ2) is 6.78. The summed E-state index contributed by atoms with van der Waals surface area (Å²) in [7, 11) is 0. The maximum atomic E-state index is 10.4. The van der Waals surface area contributed by atoms with Crippen LogP contribution < -0.4 is 4.74 Å². The van der Waals surface area contributed by atoms with Gasteiger partial charge in [0.15, 0.2) is 0 Å². The lowest BCUT2D eigenvalue weighted by Gasteiger charge is -2.15. The van der Waals surface area contributed by atoms with Crippen LogP contribution in [0.1, 0.15) is 0 Å². The highest BCUT2D eigenvalue weighted by Crippen LogP contribution is 2.24. The Kier molecular flexibility index (Phi) is 4.18. The standard InChI is InChI=1S/C19H18N4O2/c24-15(13-25-18-3-1-2-17-16(18)6-9-21-17)12-23-11-10-22-19(23)14-4-7-20-8-5-14/h1-11,15,21,24H,12-13H2/t15-/m0/s1. The molecule has 1 atom stereocenters. The first kappa shape index (κ1) is 15.4. The number of hydrogen-bond acceptors (Lipinski definition) is 4. The van der Waals surface area contributed by atoms with E-state index in [0.717, 1.165) is 28.0 Å². The second-order valence-corrected chi connectivity index (χ2v) is 5.80. The summed E-state index contributed by atoms with van der Waals surface area (Å²) in [6.45, 7) is 0.610. The monoisotopic (exact) mass is 334 g/mol. The number of nitrogens with zero attached hydrogens (tertiary/aromatic N) is 3. The first-order valence-corrected chi connectivity index (χ1v) is 8.10. The number of imidazole rings is 1. The molecule has 1 aromatic carbocycles. The van der Waals surface area contributed by atoms with E-state index < -0.39 is 6.10 Å². The minimum Gasteiger partial charge on any atom is -0.490 e. The fraction of sp³-hybridized carbons (Fsp3) is 0.158. The number of hydrogen-bond donors (Lipinski definition) is 2. The van der Waals surface area contributed by atoms with Crippen molar-refractivity contribution >= 4 is 10.9 Å². The summed E-state index contributed by atoms with van der Waals surface area (Å²) in [5, 5.41) is 11.4. The van der Waals surface area contributed by atoms with Crippen LogP contribution in [0.5, 0.6) is 5.75 Å². The maximum absolute atomic E-state index is 10.4. The fourth-order valence-electron chi connectivity index (χ4n) is 2.87. The van der Waals surface area contributed by atoms with Crippen molar-refractivity contribution in [2.24, 2.45) is 0 Å². The number of nitrogens with one attached hydrogen (secondary N) is 1. The minimum atomic E-state index is -0.649. The van der Waals surface area contributed by atoms with Crippen LogP contribution in [0.15, 0.2) is 67.4 Å². The minimum absolute atomic E-state index is 0.207. The van der Waals surface area contributed by atoms with Gasteiger partial charge in [0.1, 0.15) is 24.3 Å². The lowest BCUT2D eigenvalue weighted by atomic mass is 10.2. The molecule has 4 aromatic rings. The molecule has 25 heavy (non-hydrogen) atoms. The number of aliphatic hydroxyl groups is 1. The number of aromatic amines is 1. The van der Waals surface area contributed by atoms with E-state index in [1.165, 1.54) is 0 Å². The van der Waals surface area contributed by atoms with E-state index in [2.05, 4.69) is 15.0 Å². The van der Waals surface area contributed by atoms with Crippen LogP contribution in [0.25, 0.3) is 22.3 Å². The Morgan fingerprint density at radius 3 is 2.88 bits per heavy atom.